The van der Waals surface area contributed by atoms with Gasteiger partial charge in [0.05, 0.1) is 11.4 Å². The molecule has 0 saturated carbocycles. The van der Waals surface area contributed by atoms with Gasteiger partial charge in [-0.2, -0.15) is 0 Å². The molecule has 5 nitrogen and oxygen atoms in total. The number of rotatable bonds is 5. The standard InChI is InChI=1S/C17H17FN4OS/c1-11-8-13(16(23)9-24-17-20-19-10-21(17)3)12(2)22(11)15-7-5-4-6-14(15)18/h4-8,10H,9H2,1-3H3. The van der Waals surface area contributed by atoms with Gasteiger partial charge in [0.25, 0.3) is 0 Å². The first-order valence-electron chi connectivity index (χ1n) is 7.43. The highest BCUT2D eigenvalue weighted by molar-refractivity contribution is 7.99. The molecule has 2 heterocycles. The van der Waals surface area contributed by atoms with Crippen LogP contribution in [-0.2, 0) is 7.05 Å². The van der Waals surface area contributed by atoms with Crippen LogP contribution in [0.15, 0.2) is 41.8 Å². The number of ketones is 1. The molecule has 0 spiro atoms. The zero-order valence-corrected chi connectivity index (χ0v) is 14.5. The van der Waals surface area contributed by atoms with Crippen LogP contribution in [0.4, 0.5) is 4.39 Å². The predicted molar refractivity (Wildman–Crippen MR) is 91.3 cm³/mol. The molecule has 1 aromatic carbocycles. The van der Waals surface area contributed by atoms with E-state index in [1.165, 1.54) is 17.8 Å². The van der Waals surface area contributed by atoms with Crippen molar-refractivity contribution in [3.8, 4) is 5.69 Å². The van der Waals surface area contributed by atoms with Crippen LogP contribution in [0.25, 0.3) is 5.69 Å². The Morgan fingerprint density at radius 2 is 2.04 bits per heavy atom. The van der Waals surface area contributed by atoms with Crippen molar-refractivity contribution in [2.45, 2.75) is 19.0 Å². The van der Waals surface area contributed by atoms with E-state index in [4.69, 9.17) is 0 Å². The first-order chi connectivity index (χ1) is 11.5. The smallest absolute Gasteiger partial charge is 0.191 e. The maximum atomic E-state index is 14.1. The molecule has 0 radical (unpaired) electrons. The second kappa shape index (κ2) is 6.60. The minimum atomic E-state index is -0.313. The molecule has 0 aliphatic carbocycles. The second-order valence-electron chi connectivity index (χ2n) is 5.51. The van der Waals surface area contributed by atoms with Gasteiger partial charge in [-0.1, -0.05) is 23.9 Å². The number of aromatic nitrogens is 4. The molecule has 7 heteroatoms. The summed E-state index contributed by atoms with van der Waals surface area (Å²) in [6.45, 7) is 3.70. The molecular formula is C17H17FN4OS. The molecule has 3 aromatic rings. The van der Waals surface area contributed by atoms with Crippen molar-refractivity contribution in [2.24, 2.45) is 7.05 Å². The number of halogens is 1. The van der Waals surface area contributed by atoms with Crippen LogP contribution >= 0.6 is 11.8 Å². The highest BCUT2D eigenvalue weighted by Crippen LogP contribution is 2.24. The lowest BCUT2D eigenvalue weighted by Crippen LogP contribution is -2.07. The van der Waals surface area contributed by atoms with Gasteiger partial charge in [0.15, 0.2) is 10.9 Å². The van der Waals surface area contributed by atoms with E-state index in [1.807, 2.05) is 20.9 Å². The van der Waals surface area contributed by atoms with Gasteiger partial charge in [-0.25, -0.2) is 4.39 Å². The molecule has 2 aromatic heterocycles. The summed E-state index contributed by atoms with van der Waals surface area (Å²) in [4.78, 5) is 12.6. The van der Waals surface area contributed by atoms with Crippen molar-refractivity contribution < 1.29 is 9.18 Å². The molecule has 24 heavy (non-hydrogen) atoms. The molecule has 0 amide bonds. The van der Waals surface area contributed by atoms with E-state index >= 15 is 0 Å². The van der Waals surface area contributed by atoms with Crippen LogP contribution in [0.1, 0.15) is 21.7 Å². The number of benzene rings is 1. The summed E-state index contributed by atoms with van der Waals surface area (Å²) >= 11 is 1.34. The lowest BCUT2D eigenvalue weighted by molar-refractivity contribution is 0.102. The Morgan fingerprint density at radius 1 is 1.29 bits per heavy atom. The number of carbonyl (C=O) groups is 1. The van der Waals surface area contributed by atoms with E-state index in [9.17, 15) is 9.18 Å². The van der Waals surface area contributed by atoms with Crippen molar-refractivity contribution in [3.63, 3.8) is 0 Å². The lowest BCUT2D eigenvalue weighted by Gasteiger charge is -2.10. The van der Waals surface area contributed by atoms with Gasteiger partial charge in [-0.3, -0.25) is 4.79 Å². The Hall–Kier alpha value is -2.41. The lowest BCUT2D eigenvalue weighted by atomic mass is 10.2. The van der Waals surface area contributed by atoms with Gasteiger partial charge < -0.3 is 9.13 Å². The van der Waals surface area contributed by atoms with Crippen molar-refractivity contribution in [1.82, 2.24) is 19.3 Å². The van der Waals surface area contributed by atoms with Crippen LogP contribution in [0, 0.1) is 19.7 Å². The fourth-order valence-electron chi connectivity index (χ4n) is 2.66. The summed E-state index contributed by atoms with van der Waals surface area (Å²) in [5, 5.41) is 8.43. The fourth-order valence-corrected chi connectivity index (χ4v) is 3.43. The van der Waals surface area contributed by atoms with Crippen LogP contribution in [-0.4, -0.2) is 30.9 Å². The normalized spacial score (nSPS) is 11.0. The molecule has 0 N–H and O–H groups in total. The van der Waals surface area contributed by atoms with Crippen LogP contribution in [0.5, 0.6) is 0 Å². The number of para-hydroxylation sites is 1. The highest BCUT2D eigenvalue weighted by atomic mass is 32.2. The van der Waals surface area contributed by atoms with E-state index < -0.39 is 0 Å². The second-order valence-corrected chi connectivity index (χ2v) is 6.45. The molecule has 0 saturated heterocycles. The zero-order valence-electron chi connectivity index (χ0n) is 13.7. The third-order valence-electron chi connectivity index (χ3n) is 3.83. The van der Waals surface area contributed by atoms with E-state index in [1.54, 1.807) is 39.7 Å². The van der Waals surface area contributed by atoms with Gasteiger partial charge in [0.2, 0.25) is 0 Å². The van der Waals surface area contributed by atoms with Gasteiger partial charge >= 0.3 is 0 Å². The van der Waals surface area contributed by atoms with E-state index in [0.717, 1.165) is 11.4 Å². The molecule has 124 valence electrons. The molecule has 0 fully saturated rings. The fraction of sp³-hybridized carbons (Fsp3) is 0.235. The van der Waals surface area contributed by atoms with Gasteiger partial charge in [-0.15, -0.1) is 10.2 Å². The Bertz CT molecular complexity index is 900. The van der Waals surface area contributed by atoms with Gasteiger partial charge in [-0.05, 0) is 32.0 Å². The number of Topliss-reactive ketones (excluding diaryl/α,β-unsaturated/α-hetero) is 1. The molecule has 3 rings (SSSR count). The molecule has 0 unspecified atom stereocenters. The third kappa shape index (κ3) is 2.99. The van der Waals surface area contributed by atoms with E-state index in [2.05, 4.69) is 10.2 Å². The van der Waals surface area contributed by atoms with Crippen molar-refractivity contribution in [1.29, 1.82) is 0 Å². The summed E-state index contributed by atoms with van der Waals surface area (Å²) < 4.78 is 17.6. The molecule has 0 bridgehead atoms. The van der Waals surface area contributed by atoms with Crippen LogP contribution in [0.2, 0.25) is 0 Å². The summed E-state index contributed by atoms with van der Waals surface area (Å²) in [5.74, 6) is -0.0703. The Labute approximate surface area is 143 Å². The zero-order chi connectivity index (χ0) is 17.3. The topological polar surface area (TPSA) is 52.7 Å². The SMILES string of the molecule is Cc1cc(C(=O)CSc2nncn2C)c(C)n1-c1ccccc1F. The summed E-state index contributed by atoms with van der Waals surface area (Å²) in [5.41, 5.74) is 2.61. The molecule has 0 aliphatic heterocycles. The van der Waals surface area contributed by atoms with Gasteiger partial charge in [0, 0.05) is 24.0 Å². The Morgan fingerprint density at radius 3 is 2.71 bits per heavy atom. The number of thioether (sulfide) groups is 1. The Kier molecular flexibility index (Phi) is 4.53. The summed E-state index contributed by atoms with van der Waals surface area (Å²) in [6, 6.07) is 8.36. The average Bonchev–Trinajstić information content (AvgIpc) is 3.09. The number of carbonyl (C=O) groups excluding carboxylic acids is 1. The average molecular weight is 344 g/mol. The number of nitrogens with zero attached hydrogens (tertiary/aromatic N) is 4. The van der Waals surface area contributed by atoms with Crippen LogP contribution < -0.4 is 0 Å². The van der Waals surface area contributed by atoms with E-state index in [-0.39, 0.29) is 17.4 Å². The number of hydrogen-bond acceptors (Lipinski definition) is 4. The monoisotopic (exact) mass is 344 g/mol. The number of aryl methyl sites for hydroxylation is 2. The summed E-state index contributed by atoms with van der Waals surface area (Å²) in [7, 11) is 1.83. The van der Waals surface area contributed by atoms with Crippen molar-refractivity contribution in [2.75, 3.05) is 5.75 Å². The predicted octanol–water partition coefficient (Wildman–Crippen LogP) is 3.34. The largest absolute Gasteiger partial charge is 0.315 e. The highest BCUT2D eigenvalue weighted by Gasteiger charge is 2.19. The van der Waals surface area contributed by atoms with Crippen molar-refractivity contribution >= 4 is 17.5 Å². The third-order valence-corrected chi connectivity index (χ3v) is 4.86. The first kappa shape index (κ1) is 16.4. The maximum absolute atomic E-state index is 14.1. The summed E-state index contributed by atoms with van der Waals surface area (Å²) in [6.07, 6.45) is 1.59. The number of hydrogen-bond donors (Lipinski definition) is 0. The van der Waals surface area contributed by atoms with Crippen LogP contribution in [0.3, 0.4) is 0 Å². The molecule has 0 aliphatic rings. The quantitative estimate of drug-likeness (QED) is 0.526. The van der Waals surface area contributed by atoms with Crippen molar-refractivity contribution in [3.05, 3.63) is 59.4 Å². The molecule has 0 atom stereocenters. The molecular weight excluding hydrogens is 327 g/mol. The minimum Gasteiger partial charge on any atom is -0.315 e. The minimum absolute atomic E-state index is 0.0151. The first-order valence-corrected chi connectivity index (χ1v) is 8.41. The van der Waals surface area contributed by atoms with Gasteiger partial charge in [0.1, 0.15) is 12.1 Å². The van der Waals surface area contributed by atoms with E-state index in [0.29, 0.717) is 16.4 Å². The maximum Gasteiger partial charge on any atom is 0.191 e. The Balaban J connectivity index is 1.87.